The number of phenols is 1. The average Bonchev–Trinajstić information content (AvgIpc) is 3.17. The summed E-state index contributed by atoms with van der Waals surface area (Å²) in [7, 11) is 0. The first-order valence-corrected chi connectivity index (χ1v) is 11.0. The van der Waals surface area contributed by atoms with Crippen molar-refractivity contribution in [3.05, 3.63) is 62.3 Å². The number of halogens is 3. The predicted molar refractivity (Wildman–Crippen MR) is 130 cm³/mol. The minimum absolute atomic E-state index is 0.0289. The molecule has 0 fully saturated rings. The van der Waals surface area contributed by atoms with Crippen LogP contribution in [0.4, 0.5) is 5.95 Å². The zero-order valence-electron chi connectivity index (χ0n) is 15.9. The van der Waals surface area contributed by atoms with E-state index < -0.39 is 0 Å². The van der Waals surface area contributed by atoms with Crippen LogP contribution in [0.2, 0.25) is 10.0 Å². The molecule has 10 heteroatoms. The van der Waals surface area contributed by atoms with Crippen molar-refractivity contribution in [3.8, 4) is 39.8 Å². The molecule has 2 aromatic carbocycles. The van der Waals surface area contributed by atoms with Crippen LogP contribution in [0.5, 0.6) is 5.75 Å². The molecule has 0 aliphatic rings. The first-order chi connectivity index (χ1) is 15.0. The van der Waals surface area contributed by atoms with Gasteiger partial charge in [0.2, 0.25) is 5.95 Å². The van der Waals surface area contributed by atoms with E-state index in [-0.39, 0.29) is 22.4 Å². The van der Waals surface area contributed by atoms with E-state index in [4.69, 9.17) is 33.3 Å². The summed E-state index contributed by atoms with van der Waals surface area (Å²) in [6, 6.07) is 12.5. The van der Waals surface area contributed by atoms with Gasteiger partial charge in [-0.3, -0.25) is 0 Å². The Morgan fingerprint density at radius 2 is 1.84 bits per heavy atom. The summed E-state index contributed by atoms with van der Waals surface area (Å²) in [6.45, 7) is 0.299. The molecular formula is C21H16Cl2IN5O2. The Bertz CT molecular complexity index is 1230. The van der Waals surface area contributed by atoms with Crippen LogP contribution < -0.4 is 5.32 Å². The van der Waals surface area contributed by atoms with Crippen molar-refractivity contribution in [1.82, 2.24) is 19.9 Å². The highest BCUT2D eigenvalue weighted by Crippen LogP contribution is 2.39. The van der Waals surface area contributed by atoms with Gasteiger partial charge >= 0.3 is 0 Å². The standard InChI is InChI=1S/C21H16Cl2IN5O2/c22-14-9-13(31)10-15(23)17(14)20-28-18(11-2-1-3-12(24)8-11)19(29-20)16-4-5-25-21(27-16)26-6-7-30/h1-5,8-10,30-31H,6-7H2,(H,28,29)(H,25,26,27). The first kappa shape index (κ1) is 21.8. The predicted octanol–water partition coefficient (Wildman–Crippen LogP) is 5.22. The zero-order chi connectivity index (χ0) is 22.0. The quantitative estimate of drug-likeness (QED) is 0.238. The number of aromatic hydroxyl groups is 1. The zero-order valence-corrected chi connectivity index (χ0v) is 19.6. The number of aliphatic hydroxyl groups excluding tert-OH is 1. The fourth-order valence-corrected chi connectivity index (χ4v) is 4.26. The summed E-state index contributed by atoms with van der Waals surface area (Å²) in [5.41, 5.74) is 3.30. The topological polar surface area (TPSA) is 107 Å². The van der Waals surface area contributed by atoms with Crippen molar-refractivity contribution in [2.24, 2.45) is 0 Å². The Balaban J connectivity index is 1.90. The summed E-state index contributed by atoms with van der Waals surface area (Å²) in [4.78, 5) is 16.8. The Hall–Kier alpha value is -2.40. The molecule has 7 nitrogen and oxygen atoms in total. The van der Waals surface area contributed by atoms with Crippen LogP contribution in [-0.2, 0) is 0 Å². The highest BCUT2D eigenvalue weighted by molar-refractivity contribution is 14.1. The largest absolute Gasteiger partial charge is 0.508 e. The highest BCUT2D eigenvalue weighted by Gasteiger charge is 2.20. The number of imidazole rings is 1. The first-order valence-electron chi connectivity index (χ1n) is 9.18. The van der Waals surface area contributed by atoms with Gasteiger partial charge in [-0.15, -0.1) is 0 Å². The SMILES string of the molecule is OCCNc1nccc(-c2[nH]c(-c3c(Cl)cc(O)cc3Cl)nc2-c2cccc(I)c2)n1. The second-order valence-electron chi connectivity index (χ2n) is 6.52. The van der Waals surface area contributed by atoms with Crippen molar-refractivity contribution < 1.29 is 10.2 Å². The molecule has 4 rings (SSSR count). The molecular weight excluding hydrogens is 552 g/mol. The molecule has 2 heterocycles. The van der Waals surface area contributed by atoms with E-state index in [1.807, 2.05) is 24.3 Å². The lowest BCUT2D eigenvalue weighted by Crippen LogP contribution is -2.08. The number of hydrogen-bond acceptors (Lipinski definition) is 6. The number of nitrogens with one attached hydrogen (secondary N) is 2. The van der Waals surface area contributed by atoms with Crippen LogP contribution >= 0.6 is 45.8 Å². The van der Waals surface area contributed by atoms with Gasteiger partial charge in [-0.05, 0) is 52.9 Å². The van der Waals surface area contributed by atoms with Gasteiger partial charge < -0.3 is 20.5 Å². The molecule has 31 heavy (non-hydrogen) atoms. The van der Waals surface area contributed by atoms with Crippen LogP contribution in [-0.4, -0.2) is 43.3 Å². The maximum Gasteiger partial charge on any atom is 0.223 e. The van der Waals surface area contributed by atoms with E-state index in [2.05, 4.69) is 42.9 Å². The third-order valence-electron chi connectivity index (χ3n) is 4.37. The number of nitrogens with zero attached hydrogens (tertiary/aromatic N) is 3. The second kappa shape index (κ2) is 9.39. The number of H-pyrrole nitrogens is 1. The number of phenolic OH excluding ortho intramolecular Hbond substituents is 1. The second-order valence-corrected chi connectivity index (χ2v) is 8.58. The molecule has 158 valence electrons. The van der Waals surface area contributed by atoms with Crippen molar-refractivity contribution in [1.29, 1.82) is 0 Å². The van der Waals surface area contributed by atoms with Gasteiger partial charge in [-0.2, -0.15) is 0 Å². The molecule has 0 aliphatic heterocycles. The highest BCUT2D eigenvalue weighted by atomic mass is 127. The summed E-state index contributed by atoms with van der Waals surface area (Å²) < 4.78 is 1.05. The maximum absolute atomic E-state index is 9.77. The smallest absolute Gasteiger partial charge is 0.223 e. The lowest BCUT2D eigenvalue weighted by molar-refractivity contribution is 0.311. The van der Waals surface area contributed by atoms with E-state index in [0.717, 1.165) is 9.13 Å². The molecule has 0 aliphatic carbocycles. The Labute approximate surface area is 201 Å². The van der Waals surface area contributed by atoms with Gasteiger partial charge in [0.05, 0.1) is 39.3 Å². The van der Waals surface area contributed by atoms with Gasteiger partial charge in [0.25, 0.3) is 0 Å². The Kier molecular flexibility index (Phi) is 6.61. The summed E-state index contributed by atoms with van der Waals surface area (Å²) in [6.07, 6.45) is 1.63. The molecule has 0 radical (unpaired) electrons. The van der Waals surface area contributed by atoms with E-state index >= 15 is 0 Å². The van der Waals surface area contributed by atoms with E-state index in [0.29, 0.717) is 41.0 Å². The van der Waals surface area contributed by atoms with Crippen molar-refractivity contribution in [2.75, 3.05) is 18.5 Å². The van der Waals surface area contributed by atoms with Crippen molar-refractivity contribution in [3.63, 3.8) is 0 Å². The van der Waals surface area contributed by atoms with Crippen LogP contribution in [0.15, 0.2) is 48.7 Å². The van der Waals surface area contributed by atoms with Gasteiger partial charge in [0.1, 0.15) is 11.6 Å². The molecule has 0 saturated carbocycles. The van der Waals surface area contributed by atoms with E-state index in [9.17, 15) is 5.11 Å². The lowest BCUT2D eigenvalue weighted by atomic mass is 10.1. The maximum atomic E-state index is 9.77. The van der Waals surface area contributed by atoms with Crippen molar-refractivity contribution >= 4 is 51.7 Å². The van der Waals surface area contributed by atoms with E-state index in [1.165, 1.54) is 12.1 Å². The number of anilines is 1. The average molecular weight is 568 g/mol. The molecule has 0 amide bonds. The summed E-state index contributed by atoms with van der Waals surface area (Å²) >= 11 is 15.0. The number of benzene rings is 2. The molecule has 0 spiro atoms. The number of aromatic amines is 1. The van der Waals surface area contributed by atoms with Crippen LogP contribution in [0, 0.1) is 3.57 Å². The van der Waals surface area contributed by atoms with Gasteiger partial charge in [0, 0.05) is 21.9 Å². The molecule has 0 bridgehead atoms. The Morgan fingerprint density at radius 3 is 2.55 bits per heavy atom. The minimum atomic E-state index is -0.0344. The minimum Gasteiger partial charge on any atom is -0.508 e. The number of rotatable bonds is 6. The van der Waals surface area contributed by atoms with Gasteiger partial charge in [-0.25, -0.2) is 15.0 Å². The third kappa shape index (κ3) is 4.77. The lowest BCUT2D eigenvalue weighted by Gasteiger charge is -2.06. The molecule has 4 N–H and O–H groups in total. The van der Waals surface area contributed by atoms with Gasteiger partial charge in [-0.1, -0.05) is 35.3 Å². The number of aromatic nitrogens is 4. The fourth-order valence-electron chi connectivity index (χ4n) is 3.06. The van der Waals surface area contributed by atoms with Crippen molar-refractivity contribution in [2.45, 2.75) is 0 Å². The van der Waals surface area contributed by atoms with E-state index in [1.54, 1.807) is 12.3 Å². The number of aliphatic hydroxyl groups is 1. The molecule has 0 atom stereocenters. The number of hydrogen-bond donors (Lipinski definition) is 4. The fraction of sp³-hybridized carbons (Fsp3) is 0.0952. The molecule has 2 aromatic heterocycles. The monoisotopic (exact) mass is 567 g/mol. The third-order valence-corrected chi connectivity index (χ3v) is 5.64. The van der Waals surface area contributed by atoms with Crippen LogP contribution in [0.1, 0.15) is 0 Å². The molecule has 0 saturated heterocycles. The Morgan fingerprint density at radius 1 is 1.06 bits per heavy atom. The molecule has 0 unspecified atom stereocenters. The normalized spacial score (nSPS) is 11.0. The van der Waals surface area contributed by atoms with Gasteiger partial charge in [0.15, 0.2) is 0 Å². The summed E-state index contributed by atoms with van der Waals surface area (Å²) in [5, 5.41) is 22.3. The molecule has 4 aromatic rings. The summed E-state index contributed by atoms with van der Waals surface area (Å²) in [5.74, 6) is 0.804. The van der Waals surface area contributed by atoms with Crippen LogP contribution in [0.3, 0.4) is 0 Å². The van der Waals surface area contributed by atoms with Crippen LogP contribution in [0.25, 0.3) is 34.0 Å².